The van der Waals surface area contributed by atoms with E-state index in [0.29, 0.717) is 19.4 Å². The Morgan fingerprint density at radius 3 is 2.35 bits per heavy atom. The maximum Gasteiger partial charge on any atom is 0.225 e. The fourth-order valence-electron chi connectivity index (χ4n) is 1.84. The van der Waals surface area contributed by atoms with Crippen LogP contribution in [0.15, 0.2) is 0 Å². The molecule has 1 fully saturated rings. The third-order valence-electron chi connectivity index (χ3n) is 3.30. The number of ketones is 1. The Labute approximate surface area is 104 Å². The van der Waals surface area contributed by atoms with Gasteiger partial charge in [-0.1, -0.05) is 6.92 Å². The normalized spacial score (nSPS) is 17.6. The molecule has 0 saturated carbocycles. The number of amides is 1. The van der Waals surface area contributed by atoms with E-state index in [0.717, 1.165) is 13.1 Å². The molecule has 98 valence electrons. The lowest BCUT2D eigenvalue weighted by Crippen LogP contribution is -2.60. The zero-order chi connectivity index (χ0) is 13.1. The third-order valence-corrected chi connectivity index (χ3v) is 3.30. The van der Waals surface area contributed by atoms with Crippen LogP contribution in [0.1, 0.15) is 40.5 Å². The molecule has 0 unspecified atom stereocenters. The van der Waals surface area contributed by atoms with Crippen molar-refractivity contribution in [3.05, 3.63) is 0 Å². The van der Waals surface area contributed by atoms with Crippen LogP contribution in [0.2, 0.25) is 0 Å². The standard InChI is InChI=1S/C13H24N2O2/c1-5-11(16)6-7-14-12(17)10-8-15(9-10)13(2,3)4/h10H,5-9H2,1-4H3,(H,14,17). The van der Waals surface area contributed by atoms with E-state index in [2.05, 4.69) is 31.0 Å². The van der Waals surface area contributed by atoms with Crippen molar-refractivity contribution in [3.63, 3.8) is 0 Å². The third kappa shape index (κ3) is 4.11. The monoisotopic (exact) mass is 240 g/mol. The lowest BCUT2D eigenvalue weighted by Gasteiger charge is -2.46. The molecule has 1 aliphatic heterocycles. The first kappa shape index (κ1) is 14.2. The molecule has 1 aliphatic rings. The fraction of sp³-hybridized carbons (Fsp3) is 0.846. The molecule has 1 saturated heterocycles. The molecule has 4 heteroatoms. The van der Waals surface area contributed by atoms with Crippen molar-refractivity contribution < 1.29 is 9.59 Å². The van der Waals surface area contributed by atoms with Crippen LogP contribution < -0.4 is 5.32 Å². The number of carbonyl (C=O) groups is 2. The van der Waals surface area contributed by atoms with E-state index in [-0.39, 0.29) is 23.1 Å². The summed E-state index contributed by atoms with van der Waals surface area (Å²) in [4.78, 5) is 25.1. The molecule has 0 aromatic carbocycles. The maximum atomic E-state index is 11.7. The van der Waals surface area contributed by atoms with E-state index in [4.69, 9.17) is 0 Å². The summed E-state index contributed by atoms with van der Waals surface area (Å²) in [7, 11) is 0. The molecule has 1 heterocycles. The number of nitrogens with zero attached hydrogens (tertiary/aromatic N) is 1. The highest BCUT2D eigenvalue weighted by molar-refractivity contribution is 5.82. The predicted octanol–water partition coefficient (Wildman–Crippen LogP) is 1.20. The minimum absolute atomic E-state index is 0.0920. The molecule has 1 amide bonds. The largest absolute Gasteiger partial charge is 0.355 e. The average Bonchev–Trinajstić information content (AvgIpc) is 2.12. The highest BCUT2D eigenvalue weighted by Crippen LogP contribution is 2.25. The van der Waals surface area contributed by atoms with Crippen molar-refractivity contribution in [2.75, 3.05) is 19.6 Å². The molecule has 17 heavy (non-hydrogen) atoms. The minimum Gasteiger partial charge on any atom is -0.355 e. The smallest absolute Gasteiger partial charge is 0.225 e. The van der Waals surface area contributed by atoms with Crippen LogP contribution in [-0.4, -0.2) is 41.8 Å². The molecule has 0 radical (unpaired) electrons. The van der Waals surface area contributed by atoms with Crippen molar-refractivity contribution in [2.45, 2.75) is 46.1 Å². The van der Waals surface area contributed by atoms with E-state index < -0.39 is 0 Å². The van der Waals surface area contributed by atoms with Crippen molar-refractivity contribution in [2.24, 2.45) is 5.92 Å². The SMILES string of the molecule is CCC(=O)CCNC(=O)C1CN(C(C)(C)C)C1. The molecule has 0 aromatic heterocycles. The fourth-order valence-corrected chi connectivity index (χ4v) is 1.84. The highest BCUT2D eigenvalue weighted by atomic mass is 16.2. The second kappa shape index (κ2) is 5.63. The Bertz CT molecular complexity index is 288. The summed E-state index contributed by atoms with van der Waals surface area (Å²) < 4.78 is 0. The summed E-state index contributed by atoms with van der Waals surface area (Å²) in [5, 5.41) is 2.84. The van der Waals surface area contributed by atoms with Crippen LogP contribution in [0.3, 0.4) is 0 Å². The topological polar surface area (TPSA) is 49.4 Å². The van der Waals surface area contributed by atoms with Crippen LogP contribution in [0, 0.1) is 5.92 Å². The van der Waals surface area contributed by atoms with Gasteiger partial charge in [0.05, 0.1) is 5.92 Å². The summed E-state index contributed by atoms with van der Waals surface area (Å²) in [6, 6.07) is 0. The number of hydrogen-bond acceptors (Lipinski definition) is 3. The lowest BCUT2D eigenvalue weighted by molar-refractivity contribution is -0.132. The molecule has 1 N–H and O–H groups in total. The molecule has 0 spiro atoms. The van der Waals surface area contributed by atoms with Gasteiger partial charge in [-0.25, -0.2) is 0 Å². The number of likely N-dealkylation sites (tertiary alicyclic amines) is 1. The first-order valence-corrected chi connectivity index (χ1v) is 6.39. The number of Topliss-reactive ketones (excluding diaryl/α,β-unsaturated/α-hetero) is 1. The van der Waals surface area contributed by atoms with Gasteiger partial charge in [-0.3, -0.25) is 14.5 Å². The first-order chi connectivity index (χ1) is 7.84. The van der Waals surface area contributed by atoms with Crippen LogP contribution in [0.5, 0.6) is 0 Å². The lowest BCUT2D eigenvalue weighted by atomic mass is 9.92. The zero-order valence-electron chi connectivity index (χ0n) is 11.4. The molecule has 1 rings (SSSR count). The van der Waals surface area contributed by atoms with E-state index in [1.54, 1.807) is 0 Å². The molecular weight excluding hydrogens is 216 g/mol. The van der Waals surface area contributed by atoms with Gasteiger partial charge in [-0.2, -0.15) is 0 Å². The number of rotatable bonds is 5. The molecule has 0 atom stereocenters. The Morgan fingerprint density at radius 2 is 1.88 bits per heavy atom. The van der Waals surface area contributed by atoms with Crippen LogP contribution in [0.4, 0.5) is 0 Å². The number of nitrogens with one attached hydrogen (secondary N) is 1. The molecule has 0 aliphatic carbocycles. The second-order valence-corrected chi connectivity index (χ2v) is 5.71. The van der Waals surface area contributed by atoms with Gasteiger partial charge in [0.15, 0.2) is 0 Å². The van der Waals surface area contributed by atoms with E-state index in [1.807, 2.05) is 6.92 Å². The maximum absolute atomic E-state index is 11.7. The van der Waals surface area contributed by atoms with Gasteiger partial charge < -0.3 is 5.32 Å². The summed E-state index contributed by atoms with van der Waals surface area (Å²) in [6.07, 6.45) is 1.01. The Kier molecular flexibility index (Phi) is 4.69. The summed E-state index contributed by atoms with van der Waals surface area (Å²) in [6.45, 7) is 10.5. The van der Waals surface area contributed by atoms with Gasteiger partial charge in [-0.15, -0.1) is 0 Å². The highest BCUT2D eigenvalue weighted by Gasteiger charge is 2.37. The Hall–Kier alpha value is -0.900. The molecule has 4 nitrogen and oxygen atoms in total. The van der Waals surface area contributed by atoms with E-state index in [9.17, 15) is 9.59 Å². The predicted molar refractivity (Wildman–Crippen MR) is 67.7 cm³/mol. The second-order valence-electron chi connectivity index (χ2n) is 5.71. The van der Waals surface area contributed by atoms with E-state index in [1.165, 1.54) is 0 Å². The quantitative estimate of drug-likeness (QED) is 0.785. The zero-order valence-corrected chi connectivity index (χ0v) is 11.4. The van der Waals surface area contributed by atoms with Crippen molar-refractivity contribution in [3.8, 4) is 0 Å². The Morgan fingerprint density at radius 1 is 1.29 bits per heavy atom. The molecule has 0 bridgehead atoms. The molecule has 0 aromatic rings. The minimum atomic E-state index is 0.0920. The van der Waals surface area contributed by atoms with Crippen molar-refractivity contribution in [1.29, 1.82) is 0 Å². The van der Waals surface area contributed by atoms with Crippen LogP contribution >= 0.6 is 0 Å². The van der Waals surface area contributed by atoms with Gasteiger partial charge in [0.1, 0.15) is 5.78 Å². The van der Waals surface area contributed by atoms with Gasteiger partial charge in [0.2, 0.25) is 5.91 Å². The van der Waals surface area contributed by atoms with Gasteiger partial charge in [0, 0.05) is 38.0 Å². The summed E-state index contributed by atoms with van der Waals surface area (Å²) in [5.74, 6) is 0.399. The number of hydrogen-bond donors (Lipinski definition) is 1. The van der Waals surface area contributed by atoms with Crippen molar-refractivity contribution in [1.82, 2.24) is 10.2 Å². The average molecular weight is 240 g/mol. The van der Waals surface area contributed by atoms with Crippen LogP contribution in [-0.2, 0) is 9.59 Å². The molecular formula is C13H24N2O2. The van der Waals surface area contributed by atoms with Gasteiger partial charge in [-0.05, 0) is 20.8 Å². The van der Waals surface area contributed by atoms with Crippen molar-refractivity contribution >= 4 is 11.7 Å². The number of carbonyl (C=O) groups excluding carboxylic acids is 2. The van der Waals surface area contributed by atoms with Crippen LogP contribution in [0.25, 0.3) is 0 Å². The summed E-state index contributed by atoms with van der Waals surface area (Å²) >= 11 is 0. The summed E-state index contributed by atoms with van der Waals surface area (Å²) in [5.41, 5.74) is 0.148. The Balaban J connectivity index is 2.18. The van der Waals surface area contributed by atoms with Gasteiger partial charge in [0.25, 0.3) is 0 Å². The van der Waals surface area contributed by atoms with E-state index >= 15 is 0 Å². The van der Waals surface area contributed by atoms with Gasteiger partial charge >= 0.3 is 0 Å². The first-order valence-electron chi connectivity index (χ1n) is 6.39.